The average molecular weight is 349 g/mol. The van der Waals surface area contributed by atoms with E-state index in [2.05, 4.69) is 10.3 Å². The molecule has 3 aromatic rings. The second-order valence-electron chi connectivity index (χ2n) is 4.36. The number of hydrogen-bond donors (Lipinski definition) is 1. The minimum absolute atomic E-state index is 0.00621. The summed E-state index contributed by atoms with van der Waals surface area (Å²) in [4.78, 5) is 26.5. The van der Waals surface area contributed by atoms with Crippen molar-refractivity contribution >= 4 is 55.0 Å². The number of nitrogens with zero attached hydrogens (tertiary/aromatic N) is 2. The van der Waals surface area contributed by atoms with Crippen molar-refractivity contribution in [3.63, 3.8) is 0 Å². The fourth-order valence-electron chi connectivity index (χ4n) is 1.80. The number of benzene rings is 1. The maximum absolute atomic E-state index is 13.5. The number of halogens is 1. The lowest BCUT2D eigenvalue weighted by Crippen LogP contribution is -2.07. The number of hydrogen-bond acceptors (Lipinski definition) is 6. The van der Waals surface area contributed by atoms with Crippen molar-refractivity contribution in [2.75, 3.05) is 5.32 Å². The molecule has 6 nitrogen and oxygen atoms in total. The van der Waals surface area contributed by atoms with Gasteiger partial charge < -0.3 is 0 Å². The third-order valence-electron chi connectivity index (χ3n) is 2.79. The second-order valence-corrected chi connectivity index (χ2v) is 6.49. The van der Waals surface area contributed by atoms with E-state index in [-0.39, 0.29) is 15.6 Å². The summed E-state index contributed by atoms with van der Waals surface area (Å²) in [6, 6.07) is 7.52. The van der Waals surface area contributed by atoms with Gasteiger partial charge in [0, 0.05) is 17.0 Å². The molecule has 0 radical (unpaired) electrons. The number of carbonyl (C=O) groups is 1. The molecule has 1 aromatic carbocycles. The van der Waals surface area contributed by atoms with Crippen molar-refractivity contribution < 1.29 is 14.1 Å². The highest BCUT2D eigenvalue weighted by atomic mass is 32.1. The van der Waals surface area contributed by atoms with Crippen molar-refractivity contribution in [2.24, 2.45) is 0 Å². The highest BCUT2D eigenvalue weighted by Crippen LogP contribution is 2.28. The Morgan fingerprint density at radius 2 is 2.13 bits per heavy atom. The van der Waals surface area contributed by atoms with Gasteiger partial charge in [0.05, 0.1) is 9.62 Å². The summed E-state index contributed by atoms with van der Waals surface area (Å²) >= 11 is 2.13. The molecule has 116 valence electrons. The number of fused-ring (bicyclic) bond motifs is 1. The maximum Gasteiger partial charge on any atom is 0.324 e. The van der Waals surface area contributed by atoms with E-state index >= 15 is 0 Å². The molecule has 0 saturated carbocycles. The number of aromatic nitrogens is 1. The lowest BCUT2D eigenvalue weighted by Gasteiger charge is -1.94. The molecule has 0 unspecified atom stereocenters. The number of thiophene rings is 1. The smallest absolute Gasteiger partial charge is 0.298 e. The Kier molecular flexibility index (Phi) is 4.13. The van der Waals surface area contributed by atoms with Crippen molar-refractivity contribution in [1.29, 1.82) is 0 Å². The summed E-state index contributed by atoms with van der Waals surface area (Å²) in [5, 5.41) is 13.4. The van der Waals surface area contributed by atoms with Crippen LogP contribution < -0.4 is 5.32 Å². The third kappa shape index (κ3) is 3.41. The number of nitro groups is 1. The fourth-order valence-corrected chi connectivity index (χ4v) is 3.41. The van der Waals surface area contributed by atoms with Crippen LogP contribution in [0.5, 0.6) is 0 Å². The molecular formula is C14H8FN3O3S2. The van der Waals surface area contributed by atoms with Gasteiger partial charge in [-0.05, 0) is 24.3 Å². The normalized spacial score (nSPS) is 11.2. The van der Waals surface area contributed by atoms with Gasteiger partial charge in [0.25, 0.3) is 0 Å². The standard InChI is InChI=1S/C14H8FN3O3S2/c15-9-2-1-3-10-13(9)17-14(23-10)16-11(19)6-4-8-5-7-12(22-8)18(20)21/h1-7H,(H,16,17,19)/b6-4+. The van der Waals surface area contributed by atoms with Crippen LogP contribution in [0.15, 0.2) is 36.4 Å². The van der Waals surface area contributed by atoms with Gasteiger partial charge in [-0.15, -0.1) is 0 Å². The number of amides is 1. The lowest BCUT2D eigenvalue weighted by molar-refractivity contribution is -0.380. The number of rotatable bonds is 4. The van der Waals surface area contributed by atoms with Crippen LogP contribution in [0.1, 0.15) is 4.88 Å². The first-order valence-corrected chi connectivity index (χ1v) is 7.94. The van der Waals surface area contributed by atoms with Gasteiger partial charge in [-0.1, -0.05) is 28.7 Å². The summed E-state index contributed by atoms with van der Waals surface area (Å²) in [6.45, 7) is 0. The monoisotopic (exact) mass is 349 g/mol. The Labute approximate surface area is 137 Å². The highest BCUT2D eigenvalue weighted by molar-refractivity contribution is 7.22. The zero-order chi connectivity index (χ0) is 16.4. The van der Waals surface area contributed by atoms with Gasteiger partial charge in [0.15, 0.2) is 5.13 Å². The third-order valence-corrected chi connectivity index (χ3v) is 4.73. The van der Waals surface area contributed by atoms with Gasteiger partial charge in [-0.25, -0.2) is 9.37 Å². The van der Waals surface area contributed by atoms with Crippen molar-refractivity contribution in [3.05, 3.63) is 57.2 Å². The van der Waals surface area contributed by atoms with E-state index < -0.39 is 16.6 Å². The summed E-state index contributed by atoms with van der Waals surface area (Å²) in [6.07, 6.45) is 2.72. The summed E-state index contributed by atoms with van der Waals surface area (Å²) in [7, 11) is 0. The Bertz CT molecular complexity index is 932. The molecule has 2 heterocycles. The van der Waals surface area contributed by atoms with Crippen molar-refractivity contribution in [2.45, 2.75) is 0 Å². The topological polar surface area (TPSA) is 85.1 Å². The lowest BCUT2D eigenvalue weighted by atomic mass is 10.3. The van der Waals surface area contributed by atoms with Gasteiger partial charge in [0.2, 0.25) is 5.91 Å². The number of thiazole rings is 1. The Morgan fingerprint density at radius 3 is 2.83 bits per heavy atom. The first-order valence-electron chi connectivity index (χ1n) is 6.31. The predicted octanol–water partition coefficient (Wildman–Crippen LogP) is 4.06. The Hall–Kier alpha value is -2.65. The summed E-state index contributed by atoms with van der Waals surface area (Å²) in [5.74, 6) is -0.888. The van der Waals surface area contributed by atoms with Crippen LogP contribution in [0.4, 0.5) is 14.5 Å². The van der Waals surface area contributed by atoms with E-state index in [1.54, 1.807) is 18.2 Å². The van der Waals surface area contributed by atoms with E-state index in [9.17, 15) is 19.3 Å². The van der Waals surface area contributed by atoms with Crippen molar-refractivity contribution in [1.82, 2.24) is 4.98 Å². The molecule has 0 saturated heterocycles. The number of carbonyl (C=O) groups excluding carboxylic acids is 1. The van der Waals surface area contributed by atoms with Crippen LogP contribution in [-0.2, 0) is 4.79 Å². The molecule has 0 atom stereocenters. The molecular weight excluding hydrogens is 341 g/mol. The number of anilines is 1. The molecule has 23 heavy (non-hydrogen) atoms. The van der Waals surface area contributed by atoms with E-state index in [4.69, 9.17) is 0 Å². The summed E-state index contributed by atoms with van der Waals surface area (Å²) in [5.41, 5.74) is 0.214. The molecule has 0 aliphatic rings. The molecule has 0 aliphatic carbocycles. The van der Waals surface area contributed by atoms with E-state index in [0.717, 1.165) is 11.3 Å². The first-order chi connectivity index (χ1) is 11.0. The number of para-hydroxylation sites is 1. The van der Waals surface area contributed by atoms with Crippen LogP contribution in [0, 0.1) is 15.9 Å². The van der Waals surface area contributed by atoms with Gasteiger partial charge in [-0.2, -0.15) is 0 Å². The quantitative estimate of drug-likeness (QED) is 0.437. The molecule has 0 fully saturated rings. The molecule has 0 spiro atoms. The average Bonchev–Trinajstić information content (AvgIpc) is 3.12. The van der Waals surface area contributed by atoms with Crippen LogP contribution in [0.25, 0.3) is 16.3 Å². The van der Waals surface area contributed by atoms with E-state index in [1.807, 2.05) is 0 Å². The minimum Gasteiger partial charge on any atom is -0.298 e. The molecule has 2 aromatic heterocycles. The number of nitrogens with one attached hydrogen (secondary N) is 1. The van der Waals surface area contributed by atoms with Gasteiger partial charge >= 0.3 is 5.00 Å². The predicted molar refractivity (Wildman–Crippen MR) is 88.2 cm³/mol. The molecule has 0 aliphatic heterocycles. The highest BCUT2D eigenvalue weighted by Gasteiger charge is 2.10. The van der Waals surface area contributed by atoms with Crippen LogP contribution in [-0.4, -0.2) is 15.8 Å². The van der Waals surface area contributed by atoms with Crippen LogP contribution in [0.2, 0.25) is 0 Å². The minimum atomic E-state index is -0.488. The second kappa shape index (κ2) is 6.23. The van der Waals surface area contributed by atoms with Gasteiger partial charge in [-0.3, -0.25) is 20.2 Å². The zero-order valence-electron chi connectivity index (χ0n) is 11.4. The summed E-state index contributed by atoms with van der Waals surface area (Å²) < 4.78 is 14.2. The Balaban J connectivity index is 1.71. The molecule has 1 amide bonds. The molecule has 9 heteroatoms. The zero-order valence-corrected chi connectivity index (χ0v) is 13.0. The van der Waals surface area contributed by atoms with Crippen LogP contribution >= 0.6 is 22.7 Å². The Morgan fingerprint density at radius 1 is 1.30 bits per heavy atom. The van der Waals surface area contributed by atoms with Gasteiger partial charge in [0.1, 0.15) is 11.3 Å². The van der Waals surface area contributed by atoms with E-state index in [1.165, 1.54) is 35.6 Å². The van der Waals surface area contributed by atoms with Crippen LogP contribution in [0.3, 0.4) is 0 Å². The maximum atomic E-state index is 13.5. The first kappa shape index (κ1) is 15.3. The largest absolute Gasteiger partial charge is 0.324 e. The molecule has 3 rings (SSSR count). The molecule has 0 bridgehead atoms. The van der Waals surface area contributed by atoms with E-state index in [0.29, 0.717) is 9.58 Å². The fraction of sp³-hybridized carbons (Fsp3) is 0. The SMILES string of the molecule is O=C(/C=C/c1ccc([N+](=O)[O-])s1)Nc1nc2c(F)cccc2s1. The molecule has 1 N–H and O–H groups in total. The van der Waals surface area contributed by atoms with Crippen molar-refractivity contribution in [3.8, 4) is 0 Å².